The van der Waals surface area contributed by atoms with E-state index >= 15 is 0 Å². The molecule has 3 N–H and O–H groups in total. The summed E-state index contributed by atoms with van der Waals surface area (Å²) in [6.45, 7) is 2.20. The summed E-state index contributed by atoms with van der Waals surface area (Å²) in [6, 6.07) is 23.3. The molecule has 0 saturated heterocycles. The van der Waals surface area contributed by atoms with Gasteiger partial charge in [0, 0.05) is 21.0 Å². The number of anilines is 2. The van der Waals surface area contributed by atoms with Gasteiger partial charge < -0.3 is 16.0 Å². The monoisotopic (exact) mass is 624 g/mol. The number of carbonyl (C=O) groups excluding carboxylic acids is 3. The standard InChI is InChI=1S/C34H29FN4O3S2/c1-21-10-15-27-28(19-36)34(44-30(27)16-21)39-31(40)20-43-26-9-5-8-25(18-26)37-33(42)29(17-22-11-13-24(35)14-12-22)38-32(41)23-6-3-2-4-7-23/h2-9,11-14,17-18,21H,10,15-16,20H2,1H3,(H,37,42)(H,38,41)(H,39,40)/b29-17+. The molecule has 0 aliphatic heterocycles. The second-order valence-corrected chi connectivity index (χ2v) is 12.6. The maximum absolute atomic E-state index is 13.4. The molecule has 10 heteroatoms. The van der Waals surface area contributed by atoms with E-state index in [2.05, 4.69) is 28.9 Å². The van der Waals surface area contributed by atoms with E-state index in [1.165, 1.54) is 58.3 Å². The molecule has 4 aromatic rings. The Morgan fingerprint density at radius 1 is 1.05 bits per heavy atom. The third kappa shape index (κ3) is 7.81. The van der Waals surface area contributed by atoms with Crippen molar-refractivity contribution in [1.82, 2.24) is 5.32 Å². The molecule has 0 saturated carbocycles. The van der Waals surface area contributed by atoms with E-state index in [1.807, 2.05) is 6.07 Å². The van der Waals surface area contributed by atoms with Crippen LogP contribution in [-0.2, 0) is 22.4 Å². The fraction of sp³-hybridized carbons (Fsp3) is 0.176. The van der Waals surface area contributed by atoms with Gasteiger partial charge in [-0.2, -0.15) is 5.26 Å². The Balaban J connectivity index is 1.25. The van der Waals surface area contributed by atoms with Gasteiger partial charge >= 0.3 is 0 Å². The molecule has 1 heterocycles. The summed E-state index contributed by atoms with van der Waals surface area (Å²) in [4.78, 5) is 40.9. The summed E-state index contributed by atoms with van der Waals surface area (Å²) in [5.41, 5.74) is 2.98. The van der Waals surface area contributed by atoms with Crippen LogP contribution in [0, 0.1) is 23.1 Å². The molecule has 3 aromatic carbocycles. The average Bonchev–Trinajstić information content (AvgIpc) is 3.36. The molecule has 1 aliphatic carbocycles. The predicted molar refractivity (Wildman–Crippen MR) is 173 cm³/mol. The number of nitrogens with one attached hydrogen (secondary N) is 3. The van der Waals surface area contributed by atoms with Crippen molar-refractivity contribution >= 4 is 57.6 Å². The van der Waals surface area contributed by atoms with Crippen LogP contribution in [0.2, 0.25) is 0 Å². The van der Waals surface area contributed by atoms with E-state index in [0.717, 1.165) is 29.7 Å². The topological polar surface area (TPSA) is 111 Å². The smallest absolute Gasteiger partial charge is 0.272 e. The number of nitriles is 1. The fourth-order valence-corrected chi connectivity index (χ4v) is 6.93. The fourth-order valence-electron chi connectivity index (χ4n) is 4.80. The third-order valence-corrected chi connectivity index (χ3v) is 9.21. The minimum Gasteiger partial charge on any atom is -0.321 e. The first-order chi connectivity index (χ1) is 21.3. The highest BCUT2D eigenvalue weighted by Crippen LogP contribution is 2.39. The van der Waals surface area contributed by atoms with Crippen LogP contribution in [0.15, 0.2) is 89.5 Å². The minimum absolute atomic E-state index is 0.0239. The lowest BCUT2D eigenvalue weighted by atomic mass is 9.89. The van der Waals surface area contributed by atoms with Gasteiger partial charge in [0.1, 0.15) is 22.6 Å². The molecule has 1 atom stereocenters. The summed E-state index contributed by atoms with van der Waals surface area (Å²) in [5.74, 6) is -0.998. The second kappa shape index (κ2) is 14.2. The Morgan fingerprint density at radius 3 is 2.57 bits per heavy atom. The van der Waals surface area contributed by atoms with Crippen LogP contribution in [-0.4, -0.2) is 23.5 Å². The van der Waals surface area contributed by atoms with Gasteiger partial charge in [0.2, 0.25) is 5.91 Å². The van der Waals surface area contributed by atoms with Crippen molar-refractivity contribution in [3.05, 3.63) is 118 Å². The molecule has 0 fully saturated rings. The molecule has 44 heavy (non-hydrogen) atoms. The lowest BCUT2D eigenvalue weighted by Gasteiger charge is -2.17. The van der Waals surface area contributed by atoms with Crippen molar-refractivity contribution < 1.29 is 18.8 Å². The van der Waals surface area contributed by atoms with E-state index in [0.29, 0.717) is 33.3 Å². The molecule has 0 bridgehead atoms. The first-order valence-corrected chi connectivity index (χ1v) is 15.8. The van der Waals surface area contributed by atoms with Gasteiger partial charge in [-0.3, -0.25) is 14.4 Å². The van der Waals surface area contributed by atoms with E-state index in [4.69, 9.17) is 0 Å². The molecule has 3 amide bonds. The number of hydrogen-bond acceptors (Lipinski definition) is 6. The van der Waals surface area contributed by atoms with Crippen LogP contribution >= 0.6 is 23.1 Å². The molecule has 1 aromatic heterocycles. The number of carbonyl (C=O) groups is 3. The number of hydrogen-bond donors (Lipinski definition) is 3. The van der Waals surface area contributed by atoms with E-state index in [-0.39, 0.29) is 17.4 Å². The average molecular weight is 625 g/mol. The van der Waals surface area contributed by atoms with Gasteiger partial charge in [-0.25, -0.2) is 4.39 Å². The molecule has 222 valence electrons. The zero-order valence-electron chi connectivity index (χ0n) is 23.9. The molecule has 5 rings (SSSR count). The Kier molecular flexibility index (Phi) is 9.89. The highest BCUT2D eigenvalue weighted by molar-refractivity contribution is 8.00. The zero-order chi connectivity index (χ0) is 31.1. The summed E-state index contributed by atoms with van der Waals surface area (Å²) in [5, 5.41) is 18.7. The summed E-state index contributed by atoms with van der Waals surface area (Å²) >= 11 is 2.79. The van der Waals surface area contributed by atoms with Crippen LogP contribution in [0.4, 0.5) is 15.1 Å². The van der Waals surface area contributed by atoms with Crippen LogP contribution in [0.1, 0.15) is 45.3 Å². The number of nitrogens with zero attached hydrogens (tertiary/aromatic N) is 1. The number of fused-ring (bicyclic) bond motifs is 1. The first-order valence-electron chi connectivity index (χ1n) is 14.0. The Hall–Kier alpha value is -4.72. The van der Waals surface area contributed by atoms with Crippen LogP contribution in [0.3, 0.4) is 0 Å². The van der Waals surface area contributed by atoms with E-state index in [1.54, 1.807) is 48.5 Å². The minimum atomic E-state index is -0.571. The van der Waals surface area contributed by atoms with Crippen molar-refractivity contribution in [3.8, 4) is 6.07 Å². The van der Waals surface area contributed by atoms with E-state index in [9.17, 15) is 24.0 Å². The Bertz CT molecular complexity index is 1760. The molecule has 1 aliphatic rings. The lowest BCUT2D eigenvalue weighted by Crippen LogP contribution is -2.30. The normalized spacial score (nSPS) is 14.2. The number of benzene rings is 3. The molecule has 0 spiro atoms. The van der Waals surface area contributed by atoms with Gasteiger partial charge in [-0.15, -0.1) is 23.1 Å². The van der Waals surface area contributed by atoms with Gasteiger partial charge in [0.05, 0.1) is 11.3 Å². The number of rotatable bonds is 9. The molecular formula is C34H29FN4O3S2. The molecule has 7 nitrogen and oxygen atoms in total. The maximum Gasteiger partial charge on any atom is 0.272 e. The molecule has 0 radical (unpaired) electrons. The van der Waals surface area contributed by atoms with Crippen molar-refractivity contribution in [3.63, 3.8) is 0 Å². The van der Waals surface area contributed by atoms with Gasteiger partial charge in [-0.05, 0) is 84.8 Å². The second-order valence-electron chi connectivity index (χ2n) is 10.4. The summed E-state index contributed by atoms with van der Waals surface area (Å²) in [6.07, 6.45) is 4.29. The van der Waals surface area contributed by atoms with Crippen LogP contribution < -0.4 is 16.0 Å². The van der Waals surface area contributed by atoms with Crippen molar-refractivity contribution in [2.75, 3.05) is 16.4 Å². The lowest BCUT2D eigenvalue weighted by molar-refractivity contribution is -0.114. The molecule has 1 unspecified atom stereocenters. The van der Waals surface area contributed by atoms with Crippen LogP contribution in [0.5, 0.6) is 0 Å². The number of halogens is 1. The zero-order valence-corrected chi connectivity index (χ0v) is 25.5. The maximum atomic E-state index is 13.4. The van der Waals surface area contributed by atoms with Gasteiger partial charge in [-0.1, -0.05) is 43.3 Å². The van der Waals surface area contributed by atoms with Crippen molar-refractivity contribution in [2.45, 2.75) is 31.1 Å². The first kappa shape index (κ1) is 30.7. The SMILES string of the molecule is CC1CCc2c(sc(NC(=O)CSc3cccc(NC(=O)/C(=C\c4ccc(F)cc4)NC(=O)c4ccccc4)c3)c2C#N)C1. The largest absolute Gasteiger partial charge is 0.321 e. The summed E-state index contributed by atoms with van der Waals surface area (Å²) < 4.78 is 13.4. The Labute approximate surface area is 263 Å². The number of amides is 3. The van der Waals surface area contributed by atoms with Crippen molar-refractivity contribution in [2.24, 2.45) is 5.92 Å². The highest BCUT2D eigenvalue weighted by atomic mass is 32.2. The predicted octanol–water partition coefficient (Wildman–Crippen LogP) is 7.02. The number of thiophene rings is 1. The van der Waals surface area contributed by atoms with E-state index < -0.39 is 17.6 Å². The molecular weight excluding hydrogens is 596 g/mol. The quantitative estimate of drug-likeness (QED) is 0.137. The third-order valence-electron chi connectivity index (χ3n) is 7.05. The number of thioether (sulfide) groups is 1. The van der Waals surface area contributed by atoms with Gasteiger partial charge in [0.25, 0.3) is 11.8 Å². The van der Waals surface area contributed by atoms with Crippen LogP contribution in [0.25, 0.3) is 6.08 Å². The Morgan fingerprint density at radius 2 is 1.82 bits per heavy atom. The van der Waals surface area contributed by atoms with Gasteiger partial charge in [0.15, 0.2) is 0 Å². The van der Waals surface area contributed by atoms with Crippen molar-refractivity contribution in [1.29, 1.82) is 5.26 Å². The summed E-state index contributed by atoms with van der Waals surface area (Å²) in [7, 11) is 0. The highest BCUT2D eigenvalue weighted by Gasteiger charge is 2.24.